The Kier molecular flexibility index (Phi) is 4.14. The molecular formula is C17H25N3O3. The molecule has 23 heavy (non-hydrogen) atoms. The molecule has 0 aromatic carbocycles. The van der Waals surface area contributed by atoms with Crippen molar-refractivity contribution in [2.24, 2.45) is 5.41 Å². The molecule has 1 N–H and O–H groups in total. The molecule has 0 bridgehead atoms. The largest absolute Gasteiger partial charge is 0.387 e. The highest BCUT2D eigenvalue weighted by molar-refractivity contribution is 5.93. The first-order valence-corrected chi connectivity index (χ1v) is 8.19. The summed E-state index contributed by atoms with van der Waals surface area (Å²) < 4.78 is 5.17. The van der Waals surface area contributed by atoms with E-state index in [9.17, 15) is 9.90 Å². The fourth-order valence-corrected chi connectivity index (χ4v) is 3.22. The fourth-order valence-electron chi connectivity index (χ4n) is 3.22. The van der Waals surface area contributed by atoms with Crippen LogP contribution in [0.3, 0.4) is 0 Å². The van der Waals surface area contributed by atoms with E-state index in [0.717, 1.165) is 18.7 Å². The lowest BCUT2D eigenvalue weighted by Crippen LogP contribution is -2.60. The van der Waals surface area contributed by atoms with Crippen LogP contribution < -0.4 is 0 Å². The zero-order valence-electron chi connectivity index (χ0n) is 14.1. The number of hydrogen-bond acceptors (Lipinski definition) is 5. The molecule has 2 fully saturated rings. The standard InChI is InChI=1S/C17H25N3O3/c1-16(2)10-20(7-6-17(16,22)11-23-3)15(21)13-8-18-14(19-9-13)12-4-5-12/h8-9,12,22H,4-7,10-11H2,1-3H3/t17-/m1/s1. The summed E-state index contributed by atoms with van der Waals surface area (Å²) in [6.45, 7) is 5.21. The number of aliphatic hydroxyl groups is 1. The molecule has 1 saturated heterocycles. The fraction of sp³-hybridized carbons (Fsp3) is 0.706. The van der Waals surface area contributed by atoms with Gasteiger partial charge in [-0.3, -0.25) is 4.79 Å². The van der Waals surface area contributed by atoms with E-state index in [2.05, 4.69) is 9.97 Å². The van der Waals surface area contributed by atoms with Crippen LogP contribution in [0.2, 0.25) is 0 Å². The van der Waals surface area contributed by atoms with Gasteiger partial charge in [-0.25, -0.2) is 9.97 Å². The maximum absolute atomic E-state index is 12.7. The summed E-state index contributed by atoms with van der Waals surface area (Å²) in [4.78, 5) is 23.1. The molecule has 2 heterocycles. The van der Waals surface area contributed by atoms with Crippen LogP contribution in [0.4, 0.5) is 0 Å². The number of amides is 1. The Morgan fingerprint density at radius 1 is 1.39 bits per heavy atom. The van der Waals surface area contributed by atoms with Gasteiger partial charge in [0.2, 0.25) is 0 Å². The predicted octanol–water partition coefficient (Wildman–Crippen LogP) is 1.60. The Morgan fingerprint density at radius 3 is 2.57 bits per heavy atom. The van der Waals surface area contributed by atoms with E-state index in [1.165, 1.54) is 0 Å². The minimum Gasteiger partial charge on any atom is -0.387 e. The molecule has 1 aliphatic heterocycles. The van der Waals surface area contributed by atoms with Crippen LogP contribution >= 0.6 is 0 Å². The van der Waals surface area contributed by atoms with Crippen molar-refractivity contribution in [1.29, 1.82) is 0 Å². The number of carbonyl (C=O) groups is 1. The van der Waals surface area contributed by atoms with E-state index < -0.39 is 11.0 Å². The highest BCUT2D eigenvalue weighted by Crippen LogP contribution is 2.39. The third kappa shape index (κ3) is 3.10. The van der Waals surface area contributed by atoms with Crippen molar-refractivity contribution in [3.8, 4) is 0 Å². The van der Waals surface area contributed by atoms with E-state index in [1.807, 2.05) is 13.8 Å². The first-order chi connectivity index (χ1) is 10.9. The molecular weight excluding hydrogens is 294 g/mol. The first-order valence-electron chi connectivity index (χ1n) is 8.19. The highest BCUT2D eigenvalue weighted by atomic mass is 16.5. The summed E-state index contributed by atoms with van der Waals surface area (Å²) in [5.74, 6) is 1.26. The van der Waals surface area contributed by atoms with Gasteiger partial charge < -0.3 is 14.7 Å². The summed E-state index contributed by atoms with van der Waals surface area (Å²) in [6, 6.07) is 0. The zero-order chi connectivity index (χ0) is 16.7. The van der Waals surface area contributed by atoms with Crippen LogP contribution in [0, 0.1) is 5.41 Å². The Hall–Kier alpha value is -1.53. The molecule has 2 aliphatic rings. The number of methoxy groups -OCH3 is 1. The third-order valence-corrected chi connectivity index (χ3v) is 5.17. The lowest BCUT2D eigenvalue weighted by molar-refractivity contribution is -0.144. The maximum atomic E-state index is 12.7. The lowest BCUT2D eigenvalue weighted by Gasteiger charge is -2.49. The second-order valence-corrected chi connectivity index (χ2v) is 7.43. The van der Waals surface area contributed by atoms with Crippen LogP contribution in [0.5, 0.6) is 0 Å². The van der Waals surface area contributed by atoms with Crippen molar-refractivity contribution < 1.29 is 14.6 Å². The Bertz CT molecular complexity index is 583. The van der Waals surface area contributed by atoms with Gasteiger partial charge in [0.25, 0.3) is 5.91 Å². The quantitative estimate of drug-likeness (QED) is 0.912. The Labute approximate surface area is 136 Å². The van der Waals surface area contributed by atoms with Gasteiger partial charge in [0, 0.05) is 43.9 Å². The monoisotopic (exact) mass is 319 g/mol. The third-order valence-electron chi connectivity index (χ3n) is 5.17. The number of nitrogens with zero attached hydrogens (tertiary/aromatic N) is 3. The van der Waals surface area contributed by atoms with Gasteiger partial charge in [0.15, 0.2) is 0 Å². The van der Waals surface area contributed by atoms with Crippen LogP contribution in [-0.2, 0) is 4.74 Å². The minimum atomic E-state index is -0.912. The van der Waals surface area contributed by atoms with Gasteiger partial charge in [0.1, 0.15) is 5.82 Å². The molecule has 1 aromatic heterocycles. The number of carbonyl (C=O) groups excluding carboxylic acids is 1. The van der Waals surface area contributed by atoms with Crippen molar-refractivity contribution in [2.45, 2.75) is 44.6 Å². The van der Waals surface area contributed by atoms with Crippen LogP contribution in [0.15, 0.2) is 12.4 Å². The van der Waals surface area contributed by atoms with Gasteiger partial charge >= 0.3 is 0 Å². The molecule has 1 amide bonds. The number of ether oxygens (including phenoxy) is 1. The minimum absolute atomic E-state index is 0.0695. The van der Waals surface area contributed by atoms with Crippen molar-refractivity contribution in [2.75, 3.05) is 26.8 Å². The SMILES string of the molecule is COC[C@]1(O)CCN(C(=O)c2cnc(C3CC3)nc2)CC1(C)C. The van der Waals surface area contributed by atoms with E-state index in [0.29, 0.717) is 31.0 Å². The summed E-state index contributed by atoms with van der Waals surface area (Å²) in [7, 11) is 1.59. The number of aromatic nitrogens is 2. The number of piperidine rings is 1. The van der Waals surface area contributed by atoms with Gasteiger partial charge in [-0.2, -0.15) is 0 Å². The van der Waals surface area contributed by atoms with E-state index in [-0.39, 0.29) is 12.5 Å². The molecule has 0 radical (unpaired) electrons. The van der Waals surface area contributed by atoms with Gasteiger partial charge in [-0.1, -0.05) is 13.8 Å². The van der Waals surface area contributed by atoms with E-state index in [1.54, 1.807) is 24.4 Å². The average Bonchev–Trinajstić information content (AvgIpc) is 3.35. The molecule has 6 heteroatoms. The second-order valence-electron chi connectivity index (χ2n) is 7.43. The summed E-state index contributed by atoms with van der Waals surface area (Å²) in [5, 5.41) is 10.8. The van der Waals surface area contributed by atoms with Crippen molar-refractivity contribution in [3.63, 3.8) is 0 Å². The van der Waals surface area contributed by atoms with Crippen LogP contribution in [0.1, 0.15) is 55.2 Å². The zero-order valence-corrected chi connectivity index (χ0v) is 14.1. The topological polar surface area (TPSA) is 75.6 Å². The Balaban J connectivity index is 1.71. The molecule has 0 spiro atoms. The first kappa shape index (κ1) is 16.3. The molecule has 1 aliphatic carbocycles. The van der Waals surface area contributed by atoms with Gasteiger partial charge in [0.05, 0.1) is 17.8 Å². The second kappa shape index (κ2) is 5.83. The molecule has 1 aromatic rings. The smallest absolute Gasteiger partial charge is 0.257 e. The average molecular weight is 319 g/mol. The van der Waals surface area contributed by atoms with E-state index in [4.69, 9.17) is 4.74 Å². The van der Waals surface area contributed by atoms with Crippen LogP contribution in [0.25, 0.3) is 0 Å². The molecule has 0 unspecified atom stereocenters. The van der Waals surface area contributed by atoms with Crippen molar-refractivity contribution in [3.05, 3.63) is 23.8 Å². The molecule has 1 saturated carbocycles. The maximum Gasteiger partial charge on any atom is 0.257 e. The molecule has 1 atom stereocenters. The van der Waals surface area contributed by atoms with Crippen molar-refractivity contribution in [1.82, 2.24) is 14.9 Å². The number of rotatable bonds is 4. The summed E-state index contributed by atoms with van der Waals surface area (Å²) >= 11 is 0. The molecule has 126 valence electrons. The Morgan fingerprint density at radius 2 is 2.04 bits per heavy atom. The van der Waals surface area contributed by atoms with E-state index >= 15 is 0 Å². The lowest BCUT2D eigenvalue weighted by atomic mass is 9.70. The number of hydrogen-bond donors (Lipinski definition) is 1. The van der Waals surface area contributed by atoms with Crippen molar-refractivity contribution >= 4 is 5.91 Å². The van der Waals surface area contributed by atoms with Crippen LogP contribution in [-0.4, -0.2) is 58.3 Å². The number of likely N-dealkylation sites (tertiary alicyclic amines) is 1. The molecule has 3 rings (SSSR count). The summed E-state index contributed by atoms with van der Waals surface area (Å²) in [5.41, 5.74) is -0.835. The van der Waals surface area contributed by atoms with Gasteiger partial charge in [-0.15, -0.1) is 0 Å². The highest BCUT2D eigenvalue weighted by Gasteiger charge is 2.48. The predicted molar refractivity (Wildman–Crippen MR) is 85.1 cm³/mol. The van der Waals surface area contributed by atoms with Gasteiger partial charge in [-0.05, 0) is 19.3 Å². The normalized spacial score (nSPS) is 27.0. The summed E-state index contributed by atoms with van der Waals surface area (Å²) in [6.07, 6.45) is 6.05. The molecule has 6 nitrogen and oxygen atoms in total.